The van der Waals surface area contributed by atoms with Gasteiger partial charge in [0.05, 0.1) is 5.02 Å². The quantitative estimate of drug-likeness (QED) is 0.763. The van der Waals surface area contributed by atoms with Gasteiger partial charge in [-0.1, -0.05) is 11.6 Å². The summed E-state index contributed by atoms with van der Waals surface area (Å²) >= 11 is 8.49. The molecule has 0 aromatic heterocycles. The predicted octanol–water partition coefficient (Wildman–Crippen LogP) is 4.59. The lowest BCUT2D eigenvalue weighted by Gasteiger charge is -2.11. The van der Waals surface area contributed by atoms with E-state index in [1.807, 2.05) is 12.1 Å². The van der Waals surface area contributed by atoms with Crippen molar-refractivity contribution < 1.29 is 9.47 Å². The van der Waals surface area contributed by atoms with Crippen LogP contribution in [0.5, 0.6) is 11.5 Å². The molecule has 2 aromatic rings. The number of halogens is 2. The molecule has 1 aliphatic rings. The molecule has 0 bridgehead atoms. The highest BCUT2D eigenvalue weighted by molar-refractivity contribution is 14.1. The van der Waals surface area contributed by atoms with Gasteiger partial charge in [0.1, 0.15) is 0 Å². The van der Waals surface area contributed by atoms with Gasteiger partial charge in [0.2, 0.25) is 6.79 Å². The normalized spacial score (nSPS) is 12.6. The van der Waals surface area contributed by atoms with E-state index in [9.17, 15) is 0 Å². The number of hydrogen-bond donors (Lipinski definition) is 1. The predicted molar refractivity (Wildman–Crippen MR) is 88.8 cm³/mol. The van der Waals surface area contributed by atoms with Gasteiger partial charge in [-0.25, -0.2) is 0 Å². The Morgan fingerprint density at radius 3 is 2.90 bits per heavy atom. The van der Waals surface area contributed by atoms with Crippen LogP contribution in [-0.4, -0.2) is 6.79 Å². The maximum atomic E-state index is 6.17. The zero-order valence-electron chi connectivity index (χ0n) is 10.9. The molecule has 20 heavy (non-hydrogen) atoms. The lowest BCUT2D eigenvalue weighted by atomic mass is 10.1. The van der Waals surface area contributed by atoms with Crippen LogP contribution in [0.3, 0.4) is 0 Å². The molecule has 0 saturated carbocycles. The van der Waals surface area contributed by atoms with E-state index in [4.69, 9.17) is 21.1 Å². The third-order valence-electron chi connectivity index (χ3n) is 3.16. The van der Waals surface area contributed by atoms with E-state index in [-0.39, 0.29) is 6.79 Å². The summed E-state index contributed by atoms with van der Waals surface area (Å²) in [7, 11) is 0. The SMILES string of the molecule is Cc1cc(I)ccc1NCc1cc(Cl)c2c(c1)OCO2. The highest BCUT2D eigenvalue weighted by Crippen LogP contribution is 2.39. The Labute approximate surface area is 136 Å². The summed E-state index contributed by atoms with van der Waals surface area (Å²) < 4.78 is 11.9. The van der Waals surface area contributed by atoms with E-state index in [1.165, 1.54) is 9.13 Å². The fraction of sp³-hybridized carbons (Fsp3) is 0.200. The number of nitrogens with one attached hydrogen (secondary N) is 1. The van der Waals surface area contributed by atoms with E-state index in [2.05, 4.69) is 53.0 Å². The highest BCUT2D eigenvalue weighted by atomic mass is 127. The first-order valence-corrected chi connectivity index (χ1v) is 7.67. The van der Waals surface area contributed by atoms with E-state index in [0.29, 0.717) is 23.1 Å². The Morgan fingerprint density at radius 1 is 1.25 bits per heavy atom. The van der Waals surface area contributed by atoms with Crippen molar-refractivity contribution in [2.75, 3.05) is 12.1 Å². The van der Waals surface area contributed by atoms with Gasteiger partial charge >= 0.3 is 0 Å². The van der Waals surface area contributed by atoms with Crippen molar-refractivity contribution in [2.24, 2.45) is 0 Å². The summed E-state index contributed by atoms with van der Waals surface area (Å²) in [4.78, 5) is 0. The fourth-order valence-electron chi connectivity index (χ4n) is 2.15. The smallest absolute Gasteiger partial charge is 0.231 e. The second kappa shape index (κ2) is 5.69. The Bertz CT molecular complexity index is 661. The molecule has 1 heterocycles. The summed E-state index contributed by atoms with van der Waals surface area (Å²) in [6.45, 7) is 3.02. The molecule has 0 fully saturated rings. The van der Waals surface area contributed by atoms with Crippen LogP contribution in [0.2, 0.25) is 5.02 Å². The summed E-state index contributed by atoms with van der Waals surface area (Å²) in [6.07, 6.45) is 0. The first kappa shape index (κ1) is 13.8. The van der Waals surface area contributed by atoms with Crippen molar-refractivity contribution in [3.63, 3.8) is 0 Å². The third-order valence-corrected chi connectivity index (χ3v) is 4.11. The van der Waals surface area contributed by atoms with E-state index < -0.39 is 0 Å². The molecule has 0 unspecified atom stereocenters. The molecule has 0 atom stereocenters. The minimum atomic E-state index is 0.238. The second-order valence-electron chi connectivity index (χ2n) is 4.62. The van der Waals surface area contributed by atoms with Crippen molar-refractivity contribution in [2.45, 2.75) is 13.5 Å². The van der Waals surface area contributed by atoms with Gasteiger partial charge in [0.15, 0.2) is 11.5 Å². The van der Waals surface area contributed by atoms with E-state index in [1.54, 1.807) is 0 Å². The zero-order chi connectivity index (χ0) is 14.1. The number of ether oxygens (including phenoxy) is 2. The van der Waals surface area contributed by atoms with E-state index in [0.717, 1.165) is 11.3 Å². The average Bonchev–Trinajstić information content (AvgIpc) is 2.86. The van der Waals surface area contributed by atoms with Crippen molar-refractivity contribution in [3.05, 3.63) is 50.1 Å². The Morgan fingerprint density at radius 2 is 2.10 bits per heavy atom. The van der Waals surface area contributed by atoms with E-state index >= 15 is 0 Å². The largest absolute Gasteiger partial charge is 0.454 e. The van der Waals surface area contributed by atoms with Gasteiger partial charge in [-0.15, -0.1) is 0 Å². The van der Waals surface area contributed by atoms with Gasteiger partial charge < -0.3 is 14.8 Å². The molecule has 1 aliphatic heterocycles. The van der Waals surface area contributed by atoms with Gasteiger partial charge in [0.25, 0.3) is 0 Å². The third kappa shape index (κ3) is 2.81. The molecule has 1 N–H and O–H groups in total. The highest BCUT2D eigenvalue weighted by Gasteiger charge is 2.18. The monoisotopic (exact) mass is 401 g/mol. The first-order chi connectivity index (χ1) is 9.63. The van der Waals surface area contributed by atoms with Crippen LogP contribution < -0.4 is 14.8 Å². The molecule has 0 radical (unpaired) electrons. The van der Waals surface area contributed by atoms with Crippen molar-refractivity contribution in [1.82, 2.24) is 0 Å². The molecular weight excluding hydrogens is 389 g/mol. The molecule has 0 aliphatic carbocycles. The molecule has 0 amide bonds. The van der Waals surface area contributed by atoms with Gasteiger partial charge in [-0.2, -0.15) is 0 Å². The number of fused-ring (bicyclic) bond motifs is 1. The summed E-state index contributed by atoms with van der Waals surface area (Å²) in [5.74, 6) is 1.36. The Balaban J connectivity index is 1.77. The number of hydrogen-bond acceptors (Lipinski definition) is 3. The van der Waals surface area contributed by atoms with Crippen LogP contribution in [0, 0.1) is 10.5 Å². The molecule has 2 aromatic carbocycles. The summed E-state index contributed by atoms with van der Waals surface area (Å²) in [5, 5.41) is 4.01. The number of anilines is 1. The number of benzene rings is 2. The van der Waals surface area contributed by atoms with Crippen molar-refractivity contribution >= 4 is 39.9 Å². The first-order valence-electron chi connectivity index (χ1n) is 6.21. The Kier molecular flexibility index (Phi) is 3.94. The molecule has 3 nitrogen and oxygen atoms in total. The summed E-state index contributed by atoms with van der Waals surface area (Å²) in [5.41, 5.74) is 3.42. The lowest BCUT2D eigenvalue weighted by Crippen LogP contribution is -2.01. The molecular formula is C15H13ClINO2. The molecule has 0 saturated heterocycles. The molecule has 5 heteroatoms. The van der Waals surface area contributed by atoms with Crippen LogP contribution >= 0.6 is 34.2 Å². The number of rotatable bonds is 3. The minimum Gasteiger partial charge on any atom is -0.454 e. The van der Waals surface area contributed by atoms with Crippen LogP contribution in [0.15, 0.2) is 30.3 Å². The van der Waals surface area contributed by atoms with Gasteiger partial charge in [-0.05, 0) is 71.0 Å². The zero-order valence-corrected chi connectivity index (χ0v) is 13.8. The molecule has 3 rings (SSSR count). The van der Waals surface area contributed by atoms with Crippen LogP contribution in [0.1, 0.15) is 11.1 Å². The Hall–Kier alpha value is -1.14. The fourth-order valence-corrected chi connectivity index (χ4v) is 3.08. The van der Waals surface area contributed by atoms with Crippen LogP contribution in [-0.2, 0) is 6.54 Å². The minimum absolute atomic E-state index is 0.238. The molecule has 104 valence electrons. The van der Waals surface area contributed by atoms with Crippen LogP contribution in [0.4, 0.5) is 5.69 Å². The van der Waals surface area contributed by atoms with Gasteiger partial charge in [-0.3, -0.25) is 0 Å². The lowest BCUT2D eigenvalue weighted by molar-refractivity contribution is 0.174. The topological polar surface area (TPSA) is 30.5 Å². The van der Waals surface area contributed by atoms with Crippen LogP contribution in [0.25, 0.3) is 0 Å². The summed E-state index contributed by atoms with van der Waals surface area (Å²) in [6, 6.07) is 10.2. The van der Waals surface area contributed by atoms with Gasteiger partial charge in [0, 0.05) is 15.8 Å². The average molecular weight is 402 g/mol. The molecule has 0 spiro atoms. The van der Waals surface area contributed by atoms with Crippen molar-refractivity contribution in [3.8, 4) is 11.5 Å². The standard InChI is InChI=1S/C15H13ClINO2/c1-9-4-11(17)2-3-13(9)18-7-10-5-12(16)15-14(6-10)19-8-20-15/h2-6,18H,7-8H2,1H3. The maximum Gasteiger partial charge on any atom is 0.231 e. The maximum absolute atomic E-state index is 6.17. The second-order valence-corrected chi connectivity index (χ2v) is 6.28. The number of aryl methyl sites for hydroxylation is 1. The van der Waals surface area contributed by atoms with Crippen molar-refractivity contribution in [1.29, 1.82) is 0 Å².